The molecular formula is C10H20O5P+. The third kappa shape index (κ3) is 7.01. The number of Topliss-reactive ketones (excluding diaryl/α,β-unsaturated/α-hetero) is 1. The van der Waals surface area contributed by atoms with Crippen molar-refractivity contribution in [2.75, 3.05) is 13.7 Å². The molecule has 0 aliphatic rings. The van der Waals surface area contributed by atoms with Crippen molar-refractivity contribution in [2.24, 2.45) is 0 Å². The third-order valence-electron chi connectivity index (χ3n) is 2.23. The summed E-state index contributed by atoms with van der Waals surface area (Å²) in [5, 5.41) is 0. The third-order valence-corrected chi connectivity index (χ3v) is 2.84. The van der Waals surface area contributed by atoms with Crippen LogP contribution in [-0.4, -0.2) is 30.0 Å². The number of ketones is 1. The SMILES string of the molecule is COCCCCCC(=O)C(C)(C)O[P+](=O)O. The predicted molar refractivity (Wildman–Crippen MR) is 60.3 cm³/mol. The van der Waals surface area contributed by atoms with Gasteiger partial charge in [0.25, 0.3) is 0 Å². The highest BCUT2D eigenvalue weighted by atomic mass is 31.1. The summed E-state index contributed by atoms with van der Waals surface area (Å²) in [6.07, 6.45) is 2.93. The van der Waals surface area contributed by atoms with E-state index in [0.29, 0.717) is 13.0 Å². The van der Waals surface area contributed by atoms with Crippen molar-refractivity contribution in [2.45, 2.75) is 45.1 Å². The van der Waals surface area contributed by atoms with Gasteiger partial charge in [0.2, 0.25) is 0 Å². The van der Waals surface area contributed by atoms with Crippen LogP contribution in [0.25, 0.3) is 0 Å². The van der Waals surface area contributed by atoms with Crippen LogP contribution in [0.4, 0.5) is 0 Å². The molecule has 0 heterocycles. The van der Waals surface area contributed by atoms with Crippen LogP contribution in [0.2, 0.25) is 0 Å². The lowest BCUT2D eigenvalue weighted by atomic mass is 9.98. The van der Waals surface area contributed by atoms with Crippen molar-refractivity contribution in [3.05, 3.63) is 0 Å². The number of unbranched alkanes of at least 4 members (excludes halogenated alkanes) is 2. The monoisotopic (exact) mass is 251 g/mol. The Balaban J connectivity index is 3.82. The molecule has 1 unspecified atom stereocenters. The van der Waals surface area contributed by atoms with Crippen LogP contribution in [0.15, 0.2) is 0 Å². The van der Waals surface area contributed by atoms with Gasteiger partial charge in [0, 0.05) is 24.7 Å². The largest absolute Gasteiger partial charge is 0.695 e. The zero-order chi connectivity index (χ0) is 12.6. The van der Waals surface area contributed by atoms with Gasteiger partial charge in [0.1, 0.15) is 0 Å². The zero-order valence-electron chi connectivity index (χ0n) is 10.1. The van der Waals surface area contributed by atoms with Crippen molar-refractivity contribution in [1.29, 1.82) is 0 Å². The molecule has 0 aliphatic carbocycles. The molecule has 0 radical (unpaired) electrons. The maximum absolute atomic E-state index is 11.6. The molecule has 0 fully saturated rings. The van der Waals surface area contributed by atoms with Gasteiger partial charge in [-0.25, -0.2) is 0 Å². The minimum Gasteiger partial charge on any atom is -0.385 e. The van der Waals surface area contributed by atoms with Crippen LogP contribution < -0.4 is 0 Å². The molecule has 0 spiro atoms. The minimum absolute atomic E-state index is 0.151. The summed E-state index contributed by atoms with van der Waals surface area (Å²) in [5.74, 6) is -0.151. The molecule has 0 bridgehead atoms. The quantitative estimate of drug-likeness (QED) is 0.502. The van der Waals surface area contributed by atoms with Gasteiger partial charge < -0.3 is 4.74 Å². The summed E-state index contributed by atoms with van der Waals surface area (Å²) in [5.41, 5.74) is -1.18. The zero-order valence-corrected chi connectivity index (χ0v) is 11.0. The van der Waals surface area contributed by atoms with Gasteiger partial charge in [-0.15, -0.1) is 9.42 Å². The van der Waals surface area contributed by atoms with Crippen LogP contribution in [0.3, 0.4) is 0 Å². The summed E-state index contributed by atoms with van der Waals surface area (Å²) < 4.78 is 20.0. The second-order valence-corrected chi connectivity index (χ2v) is 4.72. The summed E-state index contributed by atoms with van der Waals surface area (Å²) in [6.45, 7) is 3.71. The van der Waals surface area contributed by atoms with Crippen molar-refractivity contribution in [3.8, 4) is 0 Å². The van der Waals surface area contributed by atoms with Crippen molar-refractivity contribution in [3.63, 3.8) is 0 Å². The van der Waals surface area contributed by atoms with E-state index in [1.54, 1.807) is 7.11 Å². The average Bonchev–Trinajstić information content (AvgIpc) is 2.15. The first-order valence-electron chi connectivity index (χ1n) is 5.27. The number of carbonyl (C=O) groups is 1. The molecule has 0 saturated heterocycles. The summed E-state index contributed by atoms with van der Waals surface area (Å²) >= 11 is 0. The molecule has 1 N–H and O–H groups in total. The fourth-order valence-electron chi connectivity index (χ4n) is 1.26. The van der Waals surface area contributed by atoms with Crippen molar-refractivity contribution >= 4 is 14.0 Å². The van der Waals surface area contributed by atoms with E-state index >= 15 is 0 Å². The van der Waals surface area contributed by atoms with Gasteiger partial charge in [-0.1, -0.05) is 6.42 Å². The first kappa shape index (κ1) is 15.7. The Morgan fingerprint density at radius 3 is 2.44 bits per heavy atom. The van der Waals surface area contributed by atoms with E-state index < -0.39 is 13.9 Å². The van der Waals surface area contributed by atoms with Crippen LogP contribution >= 0.6 is 8.25 Å². The number of ether oxygens (including phenoxy) is 1. The summed E-state index contributed by atoms with van der Waals surface area (Å²) in [4.78, 5) is 20.2. The lowest BCUT2D eigenvalue weighted by molar-refractivity contribution is -0.132. The Bertz CT molecular complexity index is 239. The van der Waals surface area contributed by atoms with Crippen LogP contribution in [0.5, 0.6) is 0 Å². The first-order chi connectivity index (χ1) is 7.40. The van der Waals surface area contributed by atoms with Crippen LogP contribution in [-0.2, 0) is 18.6 Å². The van der Waals surface area contributed by atoms with Crippen molar-refractivity contribution < 1.29 is 23.5 Å². The Hall–Kier alpha value is -0.350. The molecule has 0 amide bonds. The Labute approximate surface area is 97.1 Å². The normalized spacial score (nSPS) is 12.6. The van der Waals surface area contributed by atoms with E-state index in [4.69, 9.17) is 9.63 Å². The number of carbonyl (C=O) groups excluding carboxylic acids is 1. The maximum atomic E-state index is 11.6. The van der Waals surface area contributed by atoms with Crippen molar-refractivity contribution in [1.82, 2.24) is 0 Å². The van der Waals surface area contributed by atoms with Gasteiger partial charge in [-0.2, -0.15) is 0 Å². The molecule has 0 saturated carbocycles. The van der Waals surface area contributed by atoms with Gasteiger partial charge in [-0.3, -0.25) is 4.79 Å². The van der Waals surface area contributed by atoms with E-state index in [9.17, 15) is 9.36 Å². The topological polar surface area (TPSA) is 72.8 Å². The maximum Gasteiger partial charge on any atom is 0.695 e. The van der Waals surface area contributed by atoms with E-state index in [2.05, 4.69) is 4.52 Å². The smallest absolute Gasteiger partial charge is 0.385 e. The van der Waals surface area contributed by atoms with Gasteiger partial charge >= 0.3 is 8.25 Å². The summed E-state index contributed by atoms with van der Waals surface area (Å²) in [7, 11) is -1.10. The van der Waals surface area contributed by atoms with Gasteiger partial charge in [0.15, 0.2) is 11.4 Å². The second-order valence-electron chi connectivity index (χ2n) is 4.07. The Morgan fingerprint density at radius 1 is 1.31 bits per heavy atom. The van der Waals surface area contributed by atoms with Gasteiger partial charge in [-0.05, 0) is 26.7 Å². The average molecular weight is 251 g/mol. The molecule has 1 atom stereocenters. The molecule has 16 heavy (non-hydrogen) atoms. The number of rotatable bonds is 9. The Kier molecular flexibility index (Phi) is 7.68. The number of methoxy groups -OCH3 is 1. The standard InChI is InChI=1S/C10H19O5P/c1-10(2,15-16(12)13)9(11)7-5-4-6-8-14-3/h4-8H2,1-3H3/p+1. The fourth-order valence-corrected chi connectivity index (χ4v) is 1.75. The highest BCUT2D eigenvalue weighted by Crippen LogP contribution is 2.27. The molecule has 0 rings (SSSR count). The van der Waals surface area contributed by atoms with E-state index in [1.807, 2.05) is 0 Å². The summed E-state index contributed by atoms with van der Waals surface area (Å²) in [6, 6.07) is 0. The molecule has 5 nitrogen and oxygen atoms in total. The lowest BCUT2D eigenvalue weighted by Gasteiger charge is -2.14. The Morgan fingerprint density at radius 2 is 1.94 bits per heavy atom. The molecular weight excluding hydrogens is 231 g/mol. The lowest BCUT2D eigenvalue weighted by Crippen LogP contribution is -2.32. The number of hydrogen-bond donors (Lipinski definition) is 1. The van der Waals surface area contributed by atoms with Crippen LogP contribution in [0.1, 0.15) is 39.5 Å². The van der Waals surface area contributed by atoms with E-state index in [1.165, 1.54) is 13.8 Å². The van der Waals surface area contributed by atoms with E-state index in [0.717, 1.165) is 19.3 Å². The second kappa shape index (κ2) is 7.85. The predicted octanol–water partition coefficient (Wildman–Crippen LogP) is 2.21. The molecule has 0 aromatic rings. The molecule has 94 valence electrons. The van der Waals surface area contributed by atoms with Gasteiger partial charge in [0.05, 0.1) is 0 Å². The fraction of sp³-hybridized carbons (Fsp3) is 0.900. The minimum atomic E-state index is -2.74. The van der Waals surface area contributed by atoms with E-state index in [-0.39, 0.29) is 5.78 Å². The highest BCUT2D eigenvalue weighted by Gasteiger charge is 2.37. The molecule has 0 aromatic heterocycles. The van der Waals surface area contributed by atoms with Crippen LogP contribution in [0, 0.1) is 0 Å². The first-order valence-corrected chi connectivity index (χ1v) is 6.40. The molecule has 0 aromatic carbocycles. The number of hydrogen-bond acceptors (Lipinski definition) is 4. The molecule has 6 heteroatoms. The molecule has 0 aliphatic heterocycles. The highest BCUT2D eigenvalue weighted by molar-refractivity contribution is 7.32.